The molecule has 6 nitrogen and oxygen atoms in total. The van der Waals surface area contributed by atoms with Gasteiger partial charge in [-0.2, -0.15) is 8.75 Å². The number of nitrogens with zero attached hydrogens (tertiary/aromatic N) is 4. The molecule has 0 saturated heterocycles. The van der Waals surface area contributed by atoms with Crippen molar-refractivity contribution in [1.29, 1.82) is 0 Å². The van der Waals surface area contributed by atoms with E-state index in [1.54, 1.807) is 6.07 Å². The number of fused-ring (bicyclic) bond motifs is 4. The molecule has 0 saturated carbocycles. The van der Waals surface area contributed by atoms with Gasteiger partial charge in [0.15, 0.2) is 9.81 Å². The van der Waals surface area contributed by atoms with Crippen LogP contribution in [0.1, 0.15) is 11.1 Å². The lowest BCUT2D eigenvalue weighted by atomic mass is 10.1. The van der Waals surface area contributed by atoms with Crippen LogP contribution in [-0.4, -0.2) is 22.5 Å². The van der Waals surface area contributed by atoms with Crippen LogP contribution in [0.4, 0.5) is 5.69 Å². The van der Waals surface area contributed by atoms with Gasteiger partial charge in [-0.3, -0.25) is 10.1 Å². The first kappa shape index (κ1) is 25.0. The Balaban J connectivity index is 0.000000655. The van der Waals surface area contributed by atoms with E-state index in [4.69, 9.17) is 34.8 Å². The van der Waals surface area contributed by atoms with E-state index in [9.17, 15) is 10.1 Å². The Morgan fingerprint density at radius 3 is 1.95 bits per heavy atom. The highest BCUT2D eigenvalue weighted by atomic mass is 35.6. The third kappa shape index (κ3) is 5.10. The zero-order valence-corrected chi connectivity index (χ0v) is 21.9. The lowest BCUT2D eigenvalue weighted by Gasteiger charge is -2.07. The molecule has 0 aliphatic heterocycles. The van der Waals surface area contributed by atoms with Gasteiger partial charge in [0, 0.05) is 28.1 Å². The minimum absolute atomic E-state index is 0.0557. The molecule has 37 heavy (non-hydrogen) atoms. The molecule has 0 aliphatic carbocycles. The van der Waals surface area contributed by atoms with E-state index in [1.165, 1.54) is 16.8 Å². The van der Waals surface area contributed by atoms with Crippen molar-refractivity contribution in [2.24, 2.45) is 0 Å². The van der Waals surface area contributed by atoms with Crippen molar-refractivity contribution in [1.82, 2.24) is 13.3 Å². The second-order valence-electron chi connectivity index (χ2n) is 7.76. The normalized spacial score (nSPS) is 10.8. The van der Waals surface area contributed by atoms with E-state index in [0.29, 0.717) is 11.1 Å². The molecule has 6 aromatic rings. The molecule has 0 atom stereocenters. The molecule has 6 rings (SSSR count). The topological polar surface area (TPSA) is 73.8 Å². The summed E-state index contributed by atoms with van der Waals surface area (Å²) in [6.07, 6.45) is 0. The summed E-state index contributed by atoms with van der Waals surface area (Å²) in [6.45, 7) is 0. The Kier molecular flexibility index (Phi) is 7.26. The Morgan fingerprint density at radius 2 is 1.35 bits per heavy atom. The van der Waals surface area contributed by atoms with Gasteiger partial charge in [-0.25, -0.2) is 0 Å². The van der Waals surface area contributed by atoms with Gasteiger partial charge in [0.1, 0.15) is 5.52 Å². The minimum Gasteiger partial charge on any atom is -0.309 e. The maximum Gasteiger partial charge on any atom is 0.298 e. The standard InChI is InChI=1S/C26H14N4O2S.CHCl3/c31-30(32)24-16-13-18(25-26(24)28-33-27-25)12-9-17-10-14-19(15-11-17)29-22-7-3-1-5-20(22)21-6-2-4-8-23(21)29;2-1(3)4/h1-8,10-11,13-16H;1H. The summed E-state index contributed by atoms with van der Waals surface area (Å²) >= 11 is 15.4. The molecule has 182 valence electrons. The highest BCUT2D eigenvalue weighted by Crippen LogP contribution is 2.31. The third-order valence-corrected chi connectivity index (χ3v) is 6.17. The third-order valence-electron chi connectivity index (χ3n) is 5.64. The zero-order chi connectivity index (χ0) is 25.9. The molecule has 0 bridgehead atoms. The zero-order valence-electron chi connectivity index (χ0n) is 18.8. The van der Waals surface area contributed by atoms with E-state index in [1.807, 2.05) is 12.1 Å². The molecular formula is C27H15Cl3N4O2S. The van der Waals surface area contributed by atoms with Gasteiger partial charge in [0.25, 0.3) is 5.69 Å². The lowest BCUT2D eigenvalue weighted by Crippen LogP contribution is -1.93. The van der Waals surface area contributed by atoms with Crippen molar-refractivity contribution in [3.8, 4) is 17.5 Å². The largest absolute Gasteiger partial charge is 0.309 e. The van der Waals surface area contributed by atoms with Crippen molar-refractivity contribution in [3.05, 3.63) is 106 Å². The number of hydrogen-bond donors (Lipinski definition) is 0. The van der Waals surface area contributed by atoms with Gasteiger partial charge in [0.05, 0.1) is 33.2 Å². The van der Waals surface area contributed by atoms with Gasteiger partial charge in [-0.15, -0.1) is 0 Å². The van der Waals surface area contributed by atoms with E-state index in [2.05, 4.69) is 85.8 Å². The first-order valence-electron chi connectivity index (χ1n) is 10.9. The smallest absolute Gasteiger partial charge is 0.298 e. The SMILES string of the molecule is ClC(Cl)Cl.O=[N+]([O-])c1ccc(C#Cc2ccc(-n3c4ccccc4c4ccccc43)cc2)c2nsnc12. The van der Waals surface area contributed by atoms with Crippen LogP contribution < -0.4 is 0 Å². The van der Waals surface area contributed by atoms with Gasteiger partial charge < -0.3 is 4.57 Å². The second kappa shape index (κ2) is 10.8. The van der Waals surface area contributed by atoms with Crippen molar-refractivity contribution in [3.63, 3.8) is 0 Å². The number of non-ortho nitro benzene ring substituents is 1. The lowest BCUT2D eigenvalue weighted by molar-refractivity contribution is -0.383. The highest BCUT2D eigenvalue weighted by molar-refractivity contribution is 7.00. The van der Waals surface area contributed by atoms with Crippen LogP contribution in [0.5, 0.6) is 0 Å². The van der Waals surface area contributed by atoms with E-state index in [-0.39, 0.29) is 11.2 Å². The molecule has 0 N–H and O–H groups in total. The Bertz CT molecular complexity index is 1760. The first-order chi connectivity index (χ1) is 17.9. The molecule has 0 radical (unpaired) electrons. The number of halogens is 3. The number of nitro groups is 1. The summed E-state index contributed by atoms with van der Waals surface area (Å²) in [7, 11) is 0. The number of hydrogen-bond acceptors (Lipinski definition) is 5. The van der Waals surface area contributed by atoms with Gasteiger partial charge in [-0.05, 0) is 42.5 Å². The maximum absolute atomic E-state index is 11.2. The summed E-state index contributed by atoms with van der Waals surface area (Å²) in [5, 5.41) is 13.6. The molecule has 0 aliphatic rings. The molecule has 10 heteroatoms. The fraction of sp³-hybridized carbons (Fsp3) is 0.0370. The number of benzene rings is 4. The molecular weight excluding hydrogens is 551 g/mol. The predicted molar refractivity (Wildman–Crippen MR) is 152 cm³/mol. The molecule has 0 unspecified atom stereocenters. The molecule has 0 fully saturated rings. The Hall–Kier alpha value is -3.67. The van der Waals surface area contributed by atoms with Gasteiger partial charge in [0.2, 0.25) is 0 Å². The van der Waals surface area contributed by atoms with Crippen LogP contribution >= 0.6 is 46.5 Å². The summed E-state index contributed by atoms with van der Waals surface area (Å²) < 4.78 is 9.77. The average Bonchev–Trinajstić information content (AvgIpc) is 3.51. The molecule has 2 heterocycles. The molecule has 0 spiro atoms. The summed E-state index contributed by atoms with van der Waals surface area (Å²) in [6, 6.07) is 27.9. The van der Waals surface area contributed by atoms with Crippen LogP contribution in [-0.2, 0) is 0 Å². The summed E-state index contributed by atoms with van der Waals surface area (Å²) in [4.78, 5) is 10.8. The van der Waals surface area contributed by atoms with Crippen molar-refractivity contribution in [2.75, 3.05) is 0 Å². The maximum atomic E-state index is 11.2. The average molecular weight is 566 g/mol. The van der Waals surface area contributed by atoms with Crippen molar-refractivity contribution < 1.29 is 4.92 Å². The predicted octanol–water partition coefficient (Wildman–Crippen LogP) is 8.08. The van der Waals surface area contributed by atoms with Crippen LogP contribution in [0, 0.1) is 22.0 Å². The van der Waals surface area contributed by atoms with Crippen LogP contribution in [0.2, 0.25) is 0 Å². The van der Waals surface area contributed by atoms with Gasteiger partial charge in [-0.1, -0.05) is 83.0 Å². The van der Waals surface area contributed by atoms with Crippen LogP contribution in [0.3, 0.4) is 0 Å². The van der Waals surface area contributed by atoms with E-state index in [0.717, 1.165) is 34.0 Å². The van der Waals surface area contributed by atoms with Crippen molar-refractivity contribution >= 4 is 85.1 Å². The minimum atomic E-state index is -0.750. The number of rotatable bonds is 2. The Labute approximate surface area is 230 Å². The van der Waals surface area contributed by atoms with Crippen LogP contribution in [0.15, 0.2) is 84.9 Å². The summed E-state index contributed by atoms with van der Waals surface area (Å²) in [5.74, 6) is 6.24. The number of aromatic nitrogens is 3. The molecule has 2 aromatic heterocycles. The monoisotopic (exact) mass is 564 g/mol. The highest BCUT2D eigenvalue weighted by Gasteiger charge is 2.17. The number of para-hydroxylation sites is 2. The fourth-order valence-electron chi connectivity index (χ4n) is 4.14. The Morgan fingerprint density at radius 1 is 0.784 bits per heavy atom. The summed E-state index contributed by atoms with van der Waals surface area (Å²) in [5.41, 5.74) is 5.51. The van der Waals surface area contributed by atoms with Crippen LogP contribution in [0.25, 0.3) is 38.5 Å². The van der Waals surface area contributed by atoms with E-state index >= 15 is 0 Å². The quantitative estimate of drug-likeness (QED) is 0.0920. The molecule has 0 amide bonds. The second-order valence-corrected chi connectivity index (χ2v) is 10.3. The van der Waals surface area contributed by atoms with E-state index < -0.39 is 9.22 Å². The fourth-order valence-corrected chi connectivity index (χ4v) is 4.70. The van der Waals surface area contributed by atoms with Gasteiger partial charge >= 0.3 is 0 Å². The molecule has 4 aromatic carbocycles. The number of alkyl halides is 3. The van der Waals surface area contributed by atoms with Crippen molar-refractivity contribution in [2.45, 2.75) is 4.30 Å². The first-order valence-corrected chi connectivity index (χ1v) is 12.9. The number of nitro benzene ring substituents is 1.